The van der Waals surface area contributed by atoms with Crippen LogP contribution >= 0.6 is 0 Å². The number of aromatic hydroxyl groups is 1. The first kappa shape index (κ1) is 22.6. The smallest absolute Gasteiger partial charge is 0.417 e. The predicted molar refractivity (Wildman–Crippen MR) is 128 cm³/mol. The van der Waals surface area contributed by atoms with Gasteiger partial charge in [0.2, 0.25) is 5.91 Å². The van der Waals surface area contributed by atoms with Crippen LogP contribution in [0, 0.1) is 0 Å². The van der Waals surface area contributed by atoms with E-state index >= 15 is 0 Å². The van der Waals surface area contributed by atoms with E-state index in [-0.39, 0.29) is 22.8 Å². The molecule has 0 bridgehead atoms. The fraction of sp³-hybridized carbons (Fsp3) is 0.192. The molecule has 9 heteroatoms. The van der Waals surface area contributed by atoms with E-state index in [0.29, 0.717) is 53.5 Å². The third-order valence-corrected chi connectivity index (χ3v) is 6.31. The lowest BCUT2D eigenvalue weighted by atomic mass is 9.92. The van der Waals surface area contributed by atoms with Crippen LogP contribution in [-0.2, 0) is 11.0 Å². The van der Waals surface area contributed by atoms with Gasteiger partial charge in [-0.1, -0.05) is 30.8 Å². The van der Waals surface area contributed by atoms with Gasteiger partial charge in [0.05, 0.1) is 23.0 Å². The average molecular weight is 478 g/mol. The van der Waals surface area contributed by atoms with Crippen molar-refractivity contribution in [3.8, 4) is 16.9 Å². The first-order valence-corrected chi connectivity index (χ1v) is 11.0. The maximum atomic E-state index is 14.3. The van der Waals surface area contributed by atoms with Crippen molar-refractivity contribution in [1.29, 1.82) is 0 Å². The van der Waals surface area contributed by atoms with Crippen LogP contribution in [0.1, 0.15) is 5.56 Å². The summed E-state index contributed by atoms with van der Waals surface area (Å²) in [7, 11) is 0. The number of carbonyl (C=O) groups excluding carboxylic acids is 1. The van der Waals surface area contributed by atoms with Crippen molar-refractivity contribution < 1.29 is 23.1 Å². The molecule has 0 spiro atoms. The maximum absolute atomic E-state index is 14.3. The molecule has 0 radical (unpaired) electrons. The van der Waals surface area contributed by atoms with Gasteiger partial charge in [-0.05, 0) is 52.2 Å². The molecule has 1 aliphatic rings. The average Bonchev–Trinajstić information content (AvgIpc) is 2.86. The van der Waals surface area contributed by atoms with Crippen molar-refractivity contribution >= 4 is 33.3 Å². The Morgan fingerprint density at radius 1 is 1.00 bits per heavy atom. The molecule has 6 nitrogen and oxygen atoms in total. The summed E-state index contributed by atoms with van der Waals surface area (Å²) in [6.07, 6.45) is -1.94. The molecule has 2 heterocycles. The zero-order chi connectivity index (χ0) is 24.7. The van der Waals surface area contributed by atoms with Gasteiger partial charge >= 0.3 is 6.18 Å². The molecule has 3 aromatic carbocycles. The summed E-state index contributed by atoms with van der Waals surface area (Å²) in [6, 6.07) is 12.3. The van der Waals surface area contributed by atoms with Crippen LogP contribution in [0.3, 0.4) is 0 Å². The number of anilines is 1. The minimum Gasteiger partial charge on any atom is -0.508 e. The standard InChI is InChI=1S/C26H21F3N4O2/c1-2-25(35)33-9-7-32(8-10-33)24-15-30-31-23-14-20(22(13-21(23)24)26(27,28)29)19-12-17(34)11-16-5-3-4-6-18(16)19/h2-6,11-15,34H,1,7-10H2. The van der Waals surface area contributed by atoms with Crippen molar-refractivity contribution in [3.63, 3.8) is 0 Å². The van der Waals surface area contributed by atoms with Crippen molar-refractivity contribution in [2.75, 3.05) is 31.1 Å². The Morgan fingerprint density at radius 3 is 2.46 bits per heavy atom. The van der Waals surface area contributed by atoms with Gasteiger partial charge in [-0.25, -0.2) is 0 Å². The van der Waals surface area contributed by atoms with E-state index in [2.05, 4.69) is 16.8 Å². The van der Waals surface area contributed by atoms with E-state index in [1.54, 1.807) is 29.2 Å². The summed E-state index contributed by atoms with van der Waals surface area (Å²) in [6.45, 7) is 5.24. The molecule has 178 valence electrons. The lowest BCUT2D eigenvalue weighted by Gasteiger charge is -2.36. The Bertz CT molecular complexity index is 1460. The molecule has 0 unspecified atom stereocenters. The summed E-state index contributed by atoms with van der Waals surface area (Å²) >= 11 is 0. The van der Waals surface area contributed by atoms with Gasteiger partial charge in [-0.2, -0.15) is 23.4 Å². The Morgan fingerprint density at radius 2 is 1.74 bits per heavy atom. The quantitative estimate of drug-likeness (QED) is 0.420. The predicted octanol–water partition coefficient (Wildman–Crippen LogP) is 5.01. The second-order valence-electron chi connectivity index (χ2n) is 8.37. The number of fused-ring (bicyclic) bond motifs is 2. The van der Waals surface area contributed by atoms with Crippen LogP contribution < -0.4 is 4.90 Å². The largest absolute Gasteiger partial charge is 0.508 e. The summed E-state index contributed by atoms with van der Waals surface area (Å²) in [5, 5.41) is 19.9. The first-order chi connectivity index (χ1) is 16.8. The van der Waals surface area contributed by atoms with Crippen LogP contribution in [0.5, 0.6) is 5.75 Å². The molecular weight excluding hydrogens is 457 g/mol. The molecule has 35 heavy (non-hydrogen) atoms. The molecule has 4 aromatic rings. The number of rotatable bonds is 3. The van der Waals surface area contributed by atoms with E-state index < -0.39 is 11.7 Å². The fourth-order valence-electron chi connectivity index (χ4n) is 4.62. The second-order valence-corrected chi connectivity index (χ2v) is 8.37. The molecule has 1 saturated heterocycles. The number of aromatic nitrogens is 2. The molecule has 5 rings (SSSR count). The number of hydrogen-bond donors (Lipinski definition) is 1. The van der Waals surface area contributed by atoms with Crippen LogP contribution in [0.25, 0.3) is 32.8 Å². The van der Waals surface area contributed by atoms with Gasteiger partial charge in [-0.3, -0.25) is 4.79 Å². The van der Waals surface area contributed by atoms with Crippen LogP contribution in [0.15, 0.2) is 67.4 Å². The van der Waals surface area contributed by atoms with Gasteiger partial charge < -0.3 is 14.9 Å². The van der Waals surface area contributed by atoms with Gasteiger partial charge in [0.1, 0.15) is 5.75 Å². The van der Waals surface area contributed by atoms with Crippen molar-refractivity contribution in [1.82, 2.24) is 15.1 Å². The summed E-state index contributed by atoms with van der Waals surface area (Å²) in [5.74, 6) is -0.302. The van der Waals surface area contributed by atoms with E-state index in [9.17, 15) is 23.1 Å². The van der Waals surface area contributed by atoms with E-state index in [4.69, 9.17) is 0 Å². The molecule has 1 aromatic heterocycles. The molecule has 1 N–H and O–H groups in total. The van der Waals surface area contributed by atoms with Gasteiger partial charge in [0.15, 0.2) is 0 Å². The molecule has 1 aliphatic heterocycles. The Labute approximate surface area is 198 Å². The maximum Gasteiger partial charge on any atom is 0.417 e. The summed E-state index contributed by atoms with van der Waals surface area (Å²) in [4.78, 5) is 15.4. The number of alkyl halides is 3. The van der Waals surface area contributed by atoms with Gasteiger partial charge in [0.25, 0.3) is 0 Å². The topological polar surface area (TPSA) is 69.6 Å². The van der Waals surface area contributed by atoms with Crippen LogP contribution in [0.4, 0.5) is 18.9 Å². The number of carbonyl (C=O) groups is 1. The Balaban J connectivity index is 1.67. The minimum atomic E-state index is -4.65. The lowest BCUT2D eigenvalue weighted by Crippen LogP contribution is -2.48. The molecule has 0 saturated carbocycles. The Hall–Kier alpha value is -4.14. The number of amides is 1. The number of hydrogen-bond acceptors (Lipinski definition) is 5. The lowest BCUT2D eigenvalue weighted by molar-refractivity contribution is -0.137. The summed E-state index contributed by atoms with van der Waals surface area (Å²) in [5.41, 5.74) is 0.194. The molecule has 1 amide bonds. The molecule has 0 aliphatic carbocycles. The van der Waals surface area contributed by atoms with Crippen molar-refractivity contribution in [2.45, 2.75) is 6.18 Å². The highest BCUT2D eigenvalue weighted by Gasteiger charge is 2.35. The third-order valence-electron chi connectivity index (χ3n) is 6.31. The highest BCUT2D eigenvalue weighted by molar-refractivity contribution is 6.02. The fourth-order valence-corrected chi connectivity index (χ4v) is 4.62. The van der Waals surface area contributed by atoms with Gasteiger partial charge in [0, 0.05) is 31.6 Å². The number of halogens is 3. The zero-order valence-corrected chi connectivity index (χ0v) is 18.6. The second kappa shape index (κ2) is 8.57. The van der Waals surface area contributed by atoms with Crippen LogP contribution in [0.2, 0.25) is 0 Å². The first-order valence-electron chi connectivity index (χ1n) is 11.0. The van der Waals surface area contributed by atoms with E-state index in [1.165, 1.54) is 30.5 Å². The number of nitrogens with zero attached hydrogens (tertiary/aromatic N) is 4. The Kier molecular flexibility index (Phi) is 5.55. The number of phenols is 1. The molecular formula is C26H21F3N4O2. The zero-order valence-electron chi connectivity index (χ0n) is 18.6. The number of phenolic OH excluding ortho intramolecular Hbond substituents is 1. The minimum absolute atomic E-state index is 0.0788. The third kappa shape index (κ3) is 4.14. The molecule has 0 atom stereocenters. The number of benzene rings is 3. The van der Waals surface area contributed by atoms with Crippen molar-refractivity contribution in [2.24, 2.45) is 0 Å². The highest BCUT2D eigenvalue weighted by atomic mass is 19.4. The van der Waals surface area contributed by atoms with Crippen LogP contribution in [-0.4, -0.2) is 52.3 Å². The monoisotopic (exact) mass is 478 g/mol. The number of piperazine rings is 1. The normalized spacial score (nSPS) is 14.5. The van der Waals surface area contributed by atoms with Gasteiger partial charge in [-0.15, -0.1) is 0 Å². The summed E-state index contributed by atoms with van der Waals surface area (Å²) < 4.78 is 43.0. The van der Waals surface area contributed by atoms with E-state index in [1.807, 2.05) is 4.90 Å². The van der Waals surface area contributed by atoms with Crippen molar-refractivity contribution in [3.05, 3.63) is 72.9 Å². The highest BCUT2D eigenvalue weighted by Crippen LogP contribution is 2.43. The molecule has 1 fully saturated rings. The SMILES string of the molecule is C=CC(=O)N1CCN(c2cnnc3cc(-c4cc(O)cc5ccccc45)c(C(F)(F)F)cc23)CC1. The van der Waals surface area contributed by atoms with E-state index in [0.717, 1.165) is 6.07 Å².